The van der Waals surface area contributed by atoms with Crippen molar-refractivity contribution >= 4 is 70.9 Å². The molecule has 1 aliphatic rings. The maximum atomic E-state index is 13.0. The first-order chi connectivity index (χ1) is 17.1. The van der Waals surface area contributed by atoms with Crippen molar-refractivity contribution in [3.63, 3.8) is 0 Å². The standard InChI is InChI=1S/C24H19Cl2N4O4PS/c1-14-11-19(29-28-10-2-9-27-14)15-3-5-16(6-4-15)22-13-20(23(36-22)24(31)32)30-35(33,34)21-8-7-17(25)12-18(21)26/h2-14H,1H3,(H,31,32)(H2,30,33,34). The Labute approximate surface area is 220 Å². The van der Waals surface area contributed by atoms with E-state index in [1.807, 2.05) is 37.3 Å². The summed E-state index contributed by atoms with van der Waals surface area (Å²) in [6.45, 7) is 1.93. The topological polar surface area (TPSA) is 124 Å². The van der Waals surface area contributed by atoms with E-state index in [9.17, 15) is 19.4 Å². The van der Waals surface area contributed by atoms with E-state index in [0.717, 1.165) is 22.5 Å². The van der Waals surface area contributed by atoms with Crippen LogP contribution < -0.4 is 10.4 Å². The monoisotopic (exact) mass is 560 g/mol. The number of hydrogen-bond acceptors (Lipinski definition) is 6. The summed E-state index contributed by atoms with van der Waals surface area (Å²) in [5.74, 6) is -1.23. The normalized spacial score (nSPS) is 17.0. The van der Waals surface area contributed by atoms with Crippen molar-refractivity contribution in [3.05, 3.63) is 87.4 Å². The van der Waals surface area contributed by atoms with Crippen molar-refractivity contribution in [2.75, 3.05) is 5.09 Å². The van der Waals surface area contributed by atoms with Gasteiger partial charge in [0.05, 0.1) is 34.0 Å². The minimum atomic E-state index is -4.26. The summed E-state index contributed by atoms with van der Waals surface area (Å²) in [7, 11) is -4.26. The Balaban J connectivity index is 1.65. The van der Waals surface area contributed by atoms with E-state index in [-0.39, 0.29) is 26.9 Å². The van der Waals surface area contributed by atoms with E-state index in [0.29, 0.717) is 15.6 Å². The summed E-state index contributed by atoms with van der Waals surface area (Å²) in [5.41, 5.74) is 2.20. The van der Waals surface area contributed by atoms with Gasteiger partial charge in [0.25, 0.3) is 0 Å². The summed E-state index contributed by atoms with van der Waals surface area (Å²) in [5, 5.41) is 20.7. The fourth-order valence-electron chi connectivity index (χ4n) is 3.35. The first kappa shape index (κ1) is 26.0. The number of rotatable bonds is 6. The molecule has 12 heteroatoms. The van der Waals surface area contributed by atoms with E-state index < -0.39 is 13.5 Å². The zero-order valence-electron chi connectivity index (χ0n) is 18.7. The molecule has 2 aromatic carbocycles. The average molecular weight is 561 g/mol. The molecule has 3 N–H and O–H groups in total. The number of carboxylic acids is 1. The third kappa shape index (κ3) is 6.00. The Morgan fingerprint density at radius 2 is 1.83 bits per heavy atom. The number of halogens is 2. The highest BCUT2D eigenvalue weighted by atomic mass is 35.5. The van der Waals surface area contributed by atoms with Crippen LogP contribution in [0.3, 0.4) is 0 Å². The highest BCUT2D eigenvalue weighted by Crippen LogP contribution is 2.46. The van der Waals surface area contributed by atoms with Crippen molar-refractivity contribution in [1.29, 1.82) is 0 Å². The molecule has 0 amide bonds. The number of carbonyl (C=O) groups is 1. The molecule has 2 unspecified atom stereocenters. The molecule has 0 fully saturated rings. The van der Waals surface area contributed by atoms with E-state index in [1.54, 1.807) is 18.5 Å². The average Bonchev–Trinajstić information content (AvgIpc) is 3.27. The predicted octanol–water partition coefficient (Wildman–Crippen LogP) is 7.12. The quantitative estimate of drug-likeness (QED) is 0.277. The van der Waals surface area contributed by atoms with Gasteiger partial charge in [-0.15, -0.1) is 11.3 Å². The number of hydrogen-bond donors (Lipinski definition) is 3. The predicted molar refractivity (Wildman–Crippen MR) is 146 cm³/mol. The lowest BCUT2D eigenvalue weighted by Crippen LogP contribution is -2.13. The molecule has 0 saturated carbocycles. The van der Waals surface area contributed by atoms with Crippen LogP contribution in [0.25, 0.3) is 16.1 Å². The number of azo groups is 1. The molecular weight excluding hydrogens is 542 g/mol. The lowest BCUT2D eigenvalue weighted by molar-refractivity contribution is 0.0703. The van der Waals surface area contributed by atoms with Gasteiger partial charge in [0.1, 0.15) is 4.88 Å². The van der Waals surface area contributed by atoms with E-state index in [1.165, 1.54) is 24.3 Å². The molecule has 0 aliphatic carbocycles. The van der Waals surface area contributed by atoms with Crippen molar-refractivity contribution in [1.82, 2.24) is 0 Å². The van der Waals surface area contributed by atoms with Crippen LogP contribution in [0.5, 0.6) is 0 Å². The Morgan fingerprint density at radius 1 is 1.11 bits per heavy atom. The fourth-order valence-corrected chi connectivity index (χ4v) is 6.39. The number of nitrogens with zero attached hydrogens (tertiary/aromatic N) is 3. The minimum absolute atomic E-state index is 0.00405. The van der Waals surface area contributed by atoms with Crippen LogP contribution >= 0.6 is 42.1 Å². The molecule has 2 heterocycles. The summed E-state index contributed by atoms with van der Waals surface area (Å²) >= 11 is 13.0. The van der Waals surface area contributed by atoms with E-state index in [2.05, 4.69) is 20.3 Å². The second-order valence-corrected chi connectivity index (χ2v) is 11.4. The second kappa shape index (κ2) is 10.9. The second-order valence-electron chi connectivity index (χ2n) is 7.67. The van der Waals surface area contributed by atoms with Crippen molar-refractivity contribution < 1.29 is 19.4 Å². The van der Waals surface area contributed by atoms with Crippen LogP contribution in [0.2, 0.25) is 10.0 Å². The number of allylic oxidation sites excluding steroid dienone is 1. The van der Waals surface area contributed by atoms with Gasteiger partial charge in [0.15, 0.2) is 0 Å². The molecule has 1 aliphatic heterocycles. The molecule has 0 spiro atoms. The van der Waals surface area contributed by atoms with Crippen molar-refractivity contribution in [2.45, 2.75) is 13.0 Å². The van der Waals surface area contributed by atoms with Gasteiger partial charge >= 0.3 is 13.5 Å². The first-order valence-electron chi connectivity index (χ1n) is 10.5. The Bertz CT molecular complexity index is 1480. The molecule has 0 radical (unpaired) electrons. The number of aliphatic imine (C=N–C) groups is 1. The number of anilines is 1. The molecule has 1 aromatic heterocycles. The number of aromatic carboxylic acids is 1. The first-order valence-corrected chi connectivity index (χ1v) is 13.7. The maximum absolute atomic E-state index is 13.0. The Morgan fingerprint density at radius 3 is 2.53 bits per heavy atom. The SMILES string of the molecule is CC1C=C(c2ccc(-c3cc(NP(=O)(O)c4ccc(Cl)cc4Cl)c(C(=O)O)s3)cc2)N=NC=CC=N1. The number of nitrogens with one attached hydrogen (secondary N) is 1. The molecule has 36 heavy (non-hydrogen) atoms. The van der Waals surface area contributed by atoms with Crippen molar-refractivity contribution in [2.24, 2.45) is 15.2 Å². The summed E-state index contributed by atoms with van der Waals surface area (Å²) in [6, 6.07) is 12.9. The largest absolute Gasteiger partial charge is 0.477 e. The van der Waals surface area contributed by atoms with Gasteiger partial charge in [-0.1, -0.05) is 47.5 Å². The van der Waals surface area contributed by atoms with Crippen LogP contribution in [-0.4, -0.2) is 28.2 Å². The van der Waals surface area contributed by atoms with Gasteiger partial charge < -0.3 is 15.1 Å². The highest BCUT2D eigenvalue weighted by Gasteiger charge is 2.28. The highest BCUT2D eigenvalue weighted by molar-refractivity contribution is 7.67. The van der Waals surface area contributed by atoms with Crippen LogP contribution in [0.15, 0.2) is 82.1 Å². The maximum Gasteiger partial charge on any atom is 0.348 e. The molecule has 2 atom stereocenters. The fraction of sp³-hybridized carbons (Fsp3) is 0.0833. The summed E-state index contributed by atoms with van der Waals surface area (Å²) < 4.78 is 13.0. The number of benzene rings is 2. The van der Waals surface area contributed by atoms with Crippen LogP contribution in [0.4, 0.5) is 5.69 Å². The number of thiophene rings is 1. The van der Waals surface area contributed by atoms with Crippen LogP contribution in [0, 0.1) is 0 Å². The molecule has 3 aromatic rings. The molecular formula is C24H19Cl2N4O4PS. The molecule has 0 saturated heterocycles. The zero-order valence-corrected chi connectivity index (χ0v) is 21.9. The lowest BCUT2D eigenvalue weighted by atomic mass is 10.1. The van der Waals surface area contributed by atoms with E-state index in [4.69, 9.17) is 23.2 Å². The lowest BCUT2D eigenvalue weighted by Gasteiger charge is -2.15. The van der Waals surface area contributed by atoms with Crippen LogP contribution in [-0.2, 0) is 4.57 Å². The summed E-state index contributed by atoms with van der Waals surface area (Å²) in [4.78, 5) is 27.4. The third-order valence-electron chi connectivity index (χ3n) is 5.02. The minimum Gasteiger partial charge on any atom is -0.477 e. The van der Waals surface area contributed by atoms with Gasteiger partial charge in [0, 0.05) is 21.7 Å². The molecule has 8 nitrogen and oxygen atoms in total. The molecule has 4 rings (SSSR count). The van der Waals surface area contributed by atoms with Gasteiger partial charge in [-0.3, -0.25) is 9.56 Å². The van der Waals surface area contributed by atoms with E-state index >= 15 is 0 Å². The summed E-state index contributed by atoms with van der Waals surface area (Å²) in [6.07, 6.45) is 6.81. The van der Waals surface area contributed by atoms with Crippen molar-refractivity contribution in [3.8, 4) is 10.4 Å². The van der Waals surface area contributed by atoms with Crippen LogP contribution in [0.1, 0.15) is 22.2 Å². The smallest absolute Gasteiger partial charge is 0.348 e. The third-order valence-corrected chi connectivity index (χ3v) is 8.46. The van der Waals surface area contributed by atoms with Gasteiger partial charge in [-0.05, 0) is 48.9 Å². The Kier molecular flexibility index (Phi) is 7.88. The molecule has 184 valence electrons. The van der Waals surface area contributed by atoms with Gasteiger partial charge in [-0.25, -0.2) is 4.79 Å². The van der Waals surface area contributed by atoms with Gasteiger partial charge in [0.2, 0.25) is 0 Å². The number of carboxylic acid groups (broad SMARTS) is 1. The molecule has 0 bridgehead atoms. The zero-order chi connectivity index (χ0) is 25.9. The Hall–Kier alpha value is -3.07. The van der Waals surface area contributed by atoms with Gasteiger partial charge in [-0.2, -0.15) is 10.2 Å².